The lowest BCUT2D eigenvalue weighted by Crippen LogP contribution is -2.50. The third-order valence-electron chi connectivity index (χ3n) is 4.10. The zero-order chi connectivity index (χ0) is 18.2. The highest BCUT2D eigenvalue weighted by atomic mass is 32.2. The maximum absolute atomic E-state index is 12.7. The summed E-state index contributed by atoms with van der Waals surface area (Å²) >= 11 is 1.20. The van der Waals surface area contributed by atoms with Gasteiger partial charge in [0, 0.05) is 18.0 Å². The molecule has 136 valence electrons. The second kappa shape index (κ2) is 6.73. The first-order chi connectivity index (χ1) is 11.8. The van der Waals surface area contributed by atoms with Crippen LogP contribution in [0.5, 0.6) is 0 Å². The van der Waals surface area contributed by atoms with Crippen molar-refractivity contribution in [3.8, 4) is 0 Å². The van der Waals surface area contributed by atoms with Gasteiger partial charge in [-0.1, -0.05) is 0 Å². The van der Waals surface area contributed by atoms with Gasteiger partial charge in [-0.2, -0.15) is 4.31 Å². The molecule has 9 nitrogen and oxygen atoms in total. The van der Waals surface area contributed by atoms with Gasteiger partial charge in [-0.15, -0.1) is 11.3 Å². The van der Waals surface area contributed by atoms with Gasteiger partial charge in [-0.05, 0) is 31.9 Å². The summed E-state index contributed by atoms with van der Waals surface area (Å²) < 4.78 is 27.0. The van der Waals surface area contributed by atoms with Gasteiger partial charge in [0.2, 0.25) is 11.8 Å². The highest BCUT2D eigenvalue weighted by Crippen LogP contribution is 2.28. The summed E-state index contributed by atoms with van der Waals surface area (Å²) in [6.07, 6.45) is 1.07. The van der Waals surface area contributed by atoms with E-state index in [1.165, 1.54) is 15.6 Å². The van der Waals surface area contributed by atoms with Crippen molar-refractivity contribution in [2.45, 2.75) is 24.0 Å². The minimum atomic E-state index is -3.63. The molecule has 0 bridgehead atoms. The number of nitrogens with zero attached hydrogens (tertiary/aromatic N) is 2. The van der Waals surface area contributed by atoms with E-state index in [1.54, 1.807) is 12.1 Å². The molecule has 0 spiro atoms. The number of hydrogen-bond donors (Lipinski definition) is 2. The largest absolute Gasteiger partial charge is 0.343 e. The van der Waals surface area contributed by atoms with Crippen LogP contribution in [0.3, 0.4) is 0 Å². The number of hydrazine groups is 1. The van der Waals surface area contributed by atoms with Gasteiger partial charge < -0.3 is 0 Å². The number of piperidine rings is 1. The first-order valence-electron chi connectivity index (χ1n) is 7.76. The molecule has 0 saturated carbocycles. The molecular weight excluding hydrogens is 368 g/mol. The van der Waals surface area contributed by atoms with Crippen LogP contribution in [-0.4, -0.2) is 55.2 Å². The third kappa shape index (κ3) is 3.67. The molecule has 25 heavy (non-hydrogen) atoms. The van der Waals surface area contributed by atoms with Crippen LogP contribution in [0.2, 0.25) is 0 Å². The number of thiophene rings is 1. The minimum absolute atomic E-state index is 0.0501. The van der Waals surface area contributed by atoms with Crippen LogP contribution in [-0.2, 0) is 19.6 Å². The van der Waals surface area contributed by atoms with Gasteiger partial charge in [0.1, 0.15) is 10.8 Å². The molecule has 0 aliphatic carbocycles. The first-order valence-corrected chi connectivity index (χ1v) is 10.0. The van der Waals surface area contributed by atoms with Crippen LogP contribution in [0, 0.1) is 12.8 Å². The van der Waals surface area contributed by atoms with Crippen molar-refractivity contribution in [2.24, 2.45) is 5.92 Å². The van der Waals surface area contributed by atoms with Gasteiger partial charge in [0.05, 0.1) is 5.92 Å². The normalized spacial score (nSPS) is 22.1. The maximum Gasteiger partial charge on any atom is 0.343 e. The predicted molar refractivity (Wildman–Crippen MR) is 88.9 cm³/mol. The molecule has 1 aromatic heterocycles. The van der Waals surface area contributed by atoms with Crippen LogP contribution in [0.4, 0.5) is 4.79 Å². The number of amides is 4. The number of imide groups is 1. The second-order valence-corrected chi connectivity index (χ2v) is 9.44. The zero-order valence-electron chi connectivity index (χ0n) is 13.5. The average Bonchev–Trinajstić information content (AvgIpc) is 3.13. The smallest absolute Gasteiger partial charge is 0.275 e. The van der Waals surface area contributed by atoms with Crippen molar-refractivity contribution in [1.82, 2.24) is 20.1 Å². The number of carbonyl (C=O) groups is 3. The molecular formula is C14H18N4O5S2. The first kappa shape index (κ1) is 17.8. The molecule has 11 heteroatoms. The Labute approximate surface area is 149 Å². The Hall–Kier alpha value is -1.98. The Bertz CT molecular complexity index is 819. The monoisotopic (exact) mass is 386 g/mol. The Morgan fingerprint density at radius 3 is 2.72 bits per heavy atom. The molecule has 0 radical (unpaired) electrons. The lowest BCUT2D eigenvalue weighted by molar-refractivity contribution is -0.130. The van der Waals surface area contributed by atoms with Crippen LogP contribution in [0.1, 0.15) is 17.7 Å². The van der Waals surface area contributed by atoms with Crippen molar-refractivity contribution >= 4 is 39.2 Å². The van der Waals surface area contributed by atoms with Crippen LogP contribution >= 0.6 is 11.3 Å². The van der Waals surface area contributed by atoms with Gasteiger partial charge in [-0.25, -0.2) is 18.2 Å². The van der Waals surface area contributed by atoms with Crippen molar-refractivity contribution < 1.29 is 22.8 Å². The number of rotatable bonds is 4. The van der Waals surface area contributed by atoms with Crippen LogP contribution in [0.15, 0.2) is 16.3 Å². The molecule has 3 heterocycles. The topological polar surface area (TPSA) is 116 Å². The molecule has 2 saturated heterocycles. The van der Waals surface area contributed by atoms with Gasteiger partial charge >= 0.3 is 6.03 Å². The zero-order valence-corrected chi connectivity index (χ0v) is 15.2. The van der Waals surface area contributed by atoms with E-state index in [0.717, 1.165) is 9.89 Å². The van der Waals surface area contributed by atoms with E-state index in [1.807, 2.05) is 6.92 Å². The SMILES string of the molecule is Cc1ccc(S(=O)(=O)N2CCCC(C(=O)NN3CC(=O)NC3=O)C2)s1. The Morgan fingerprint density at radius 1 is 1.36 bits per heavy atom. The molecule has 4 amide bonds. The number of aryl methyl sites for hydroxylation is 1. The number of nitrogens with one attached hydrogen (secondary N) is 2. The molecule has 3 rings (SSSR count). The predicted octanol–water partition coefficient (Wildman–Crippen LogP) is 0.0402. The fraction of sp³-hybridized carbons (Fsp3) is 0.500. The van der Waals surface area contributed by atoms with E-state index in [2.05, 4.69) is 10.7 Å². The molecule has 2 N–H and O–H groups in total. The summed E-state index contributed by atoms with van der Waals surface area (Å²) in [6, 6.07) is 2.63. The van der Waals surface area contributed by atoms with Crippen molar-refractivity contribution in [3.63, 3.8) is 0 Å². The van der Waals surface area contributed by atoms with E-state index >= 15 is 0 Å². The highest BCUT2D eigenvalue weighted by Gasteiger charge is 2.36. The molecule has 1 atom stereocenters. The minimum Gasteiger partial charge on any atom is -0.275 e. The highest BCUT2D eigenvalue weighted by molar-refractivity contribution is 7.91. The van der Waals surface area contributed by atoms with Crippen molar-refractivity contribution in [3.05, 3.63) is 17.0 Å². The van der Waals surface area contributed by atoms with Crippen molar-refractivity contribution in [2.75, 3.05) is 19.6 Å². The molecule has 0 aromatic carbocycles. The summed E-state index contributed by atoms with van der Waals surface area (Å²) in [5, 5.41) is 2.96. The number of sulfonamides is 1. The maximum atomic E-state index is 12.7. The van der Waals surface area contributed by atoms with E-state index in [9.17, 15) is 22.8 Å². The third-order valence-corrected chi connectivity index (χ3v) is 7.44. The fourth-order valence-corrected chi connectivity index (χ4v) is 5.77. The van der Waals surface area contributed by atoms with E-state index in [0.29, 0.717) is 19.4 Å². The number of carbonyl (C=O) groups excluding carboxylic acids is 3. The number of hydrogen-bond acceptors (Lipinski definition) is 6. The molecule has 2 aliphatic heterocycles. The van der Waals surface area contributed by atoms with E-state index in [4.69, 9.17) is 0 Å². The van der Waals surface area contributed by atoms with Gasteiger partial charge in [-0.3, -0.25) is 20.3 Å². The summed E-state index contributed by atoms with van der Waals surface area (Å²) in [5.41, 5.74) is 2.39. The summed E-state index contributed by atoms with van der Waals surface area (Å²) in [4.78, 5) is 35.9. The quantitative estimate of drug-likeness (QED) is 0.709. The second-order valence-electron chi connectivity index (χ2n) is 5.98. The van der Waals surface area contributed by atoms with Crippen LogP contribution < -0.4 is 10.7 Å². The van der Waals surface area contributed by atoms with Crippen LogP contribution in [0.25, 0.3) is 0 Å². The standard InChI is InChI=1S/C14H18N4O5S2/c1-9-4-5-12(24-9)25(22,23)17-6-2-3-10(7-17)13(20)16-18-8-11(19)15-14(18)21/h4-5,10H,2-3,6-8H2,1H3,(H,16,20)(H,15,19,21). The van der Waals surface area contributed by atoms with Crippen molar-refractivity contribution in [1.29, 1.82) is 0 Å². The van der Waals surface area contributed by atoms with Gasteiger partial charge in [0.25, 0.3) is 10.0 Å². The fourth-order valence-electron chi connectivity index (χ4n) is 2.81. The molecule has 2 aliphatic rings. The average molecular weight is 386 g/mol. The summed E-state index contributed by atoms with van der Waals surface area (Å²) in [6.45, 7) is 1.99. The number of urea groups is 1. The Morgan fingerprint density at radius 2 is 2.12 bits per heavy atom. The summed E-state index contributed by atoms with van der Waals surface area (Å²) in [7, 11) is -3.63. The van der Waals surface area contributed by atoms with E-state index < -0.39 is 33.8 Å². The molecule has 2 fully saturated rings. The Balaban J connectivity index is 1.67. The molecule has 1 unspecified atom stereocenters. The lowest BCUT2D eigenvalue weighted by Gasteiger charge is -2.31. The molecule has 1 aromatic rings. The van der Waals surface area contributed by atoms with E-state index in [-0.39, 0.29) is 17.3 Å². The lowest BCUT2D eigenvalue weighted by atomic mass is 9.99. The van der Waals surface area contributed by atoms with Gasteiger partial charge in [0.15, 0.2) is 0 Å². The Kier molecular flexibility index (Phi) is 4.80. The summed E-state index contributed by atoms with van der Waals surface area (Å²) in [5.74, 6) is -1.54.